The van der Waals surface area contributed by atoms with Crippen molar-refractivity contribution in [1.29, 1.82) is 0 Å². The Bertz CT molecular complexity index is 1680. The highest BCUT2D eigenvalue weighted by atomic mass is 16.6. The van der Waals surface area contributed by atoms with Gasteiger partial charge in [0.05, 0.1) is 5.56 Å². The molecular weight excluding hydrogens is 536 g/mol. The number of carbonyl (C=O) groups is 2. The number of phenols is 1. The average Bonchev–Trinajstić information content (AvgIpc) is 3.28. The highest BCUT2D eigenvalue weighted by molar-refractivity contribution is 6.02. The summed E-state index contributed by atoms with van der Waals surface area (Å²) in [5.74, 6) is -0.182. The maximum atomic E-state index is 13.7. The first kappa shape index (κ1) is 28.5. The number of phenolic OH excluding ortho intramolecular Hbond substituents is 1. The number of esters is 1. The molecular formula is C37H38N2O4. The number of benzene rings is 4. The van der Waals surface area contributed by atoms with Gasteiger partial charge in [0.25, 0.3) is 0 Å². The van der Waals surface area contributed by atoms with Crippen LogP contribution in [-0.2, 0) is 23.2 Å². The molecule has 1 spiro atoms. The van der Waals surface area contributed by atoms with E-state index in [4.69, 9.17) is 4.74 Å². The van der Waals surface area contributed by atoms with Gasteiger partial charge >= 0.3 is 5.97 Å². The normalized spacial score (nSPS) is 14.1. The molecule has 43 heavy (non-hydrogen) atoms. The van der Waals surface area contributed by atoms with Crippen molar-refractivity contribution in [3.05, 3.63) is 122 Å². The third kappa shape index (κ3) is 4.95. The number of ether oxygens (including phenoxy) is 1. The van der Waals surface area contributed by atoms with Crippen molar-refractivity contribution in [2.45, 2.75) is 59.0 Å². The van der Waals surface area contributed by atoms with Crippen LogP contribution in [-0.4, -0.2) is 29.9 Å². The van der Waals surface area contributed by atoms with E-state index in [0.717, 1.165) is 81.8 Å². The lowest BCUT2D eigenvalue weighted by Crippen LogP contribution is -2.35. The quantitative estimate of drug-likeness (QED) is 0.142. The van der Waals surface area contributed by atoms with Gasteiger partial charge in [0.2, 0.25) is 0 Å². The first-order chi connectivity index (χ1) is 20.7. The van der Waals surface area contributed by atoms with Crippen LogP contribution >= 0.6 is 0 Å². The molecule has 0 unspecified atom stereocenters. The number of Topliss-reactive ketones (excluding diaryl/α,β-unsaturated/α-hetero) is 1. The number of ketones is 1. The molecule has 0 atom stereocenters. The maximum absolute atomic E-state index is 13.7. The first-order valence-corrected chi connectivity index (χ1v) is 15.2. The molecule has 4 aromatic rings. The molecule has 0 radical (unpaired) electrons. The van der Waals surface area contributed by atoms with Crippen molar-refractivity contribution in [2.24, 2.45) is 0 Å². The number of hydrogen-bond acceptors (Lipinski definition) is 6. The Morgan fingerprint density at radius 3 is 2.02 bits per heavy atom. The Morgan fingerprint density at radius 2 is 1.44 bits per heavy atom. The Hall–Kier alpha value is -4.58. The zero-order chi connectivity index (χ0) is 30.3. The van der Waals surface area contributed by atoms with Crippen molar-refractivity contribution in [3.63, 3.8) is 0 Å². The fraction of sp³-hybridized carbons (Fsp3) is 0.297. The zero-order valence-electron chi connectivity index (χ0n) is 25.3. The van der Waals surface area contributed by atoms with Gasteiger partial charge in [0.15, 0.2) is 11.4 Å². The van der Waals surface area contributed by atoms with Gasteiger partial charge in [-0.15, -0.1) is 0 Å². The summed E-state index contributed by atoms with van der Waals surface area (Å²) in [7, 11) is 0. The first-order valence-electron chi connectivity index (χ1n) is 15.2. The van der Waals surface area contributed by atoms with Crippen LogP contribution in [0.25, 0.3) is 0 Å². The molecule has 0 saturated carbocycles. The summed E-state index contributed by atoms with van der Waals surface area (Å²) in [6, 6.07) is 21.3. The Morgan fingerprint density at radius 1 is 0.837 bits per heavy atom. The molecule has 0 aromatic heterocycles. The molecule has 1 aliphatic carbocycles. The SMILES string of the molecule is CCNc1cc2c(cc1C)C1(OC(=O)c3cc(C(=O)CCCc4ccc(O)cc4)ccc31)c1cc(C)c(NCC)cc1C2. The van der Waals surface area contributed by atoms with Crippen LogP contribution in [0, 0.1) is 13.8 Å². The average molecular weight is 575 g/mol. The number of fused-ring (bicyclic) bond motifs is 6. The number of aromatic hydroxyl groups is 1. The summed E-state index contributed by atoms with van der Waals surface area (Å²) >= 11 is 0. The predicted molar refractivity (Wildman–Crippen MR) is 171 cm³/mol. The second kappa shape index (κ2) is 11.3. The van der Waals surface area contributed by atoms with Gasteiger partial charge in [-0.3, -0.25) is 4.79 Å². The molecule has 220 valence electrons. The van der Waals surface area contributed by atoms with Crippen molar-refractivity contribution in [1.82, 2.24) is 0 Å². The molecule has 1 aliphatic heterocycles. The molecule has 1 heterocycles. The molecule has 6 rings (SSSR count). The number of aryl methyl sites for hydroxylation is 3. The molecule has 6 heteroatoms. The van der Waals surface area contributed by atoms with E-state index in [1.165, 1.54) is 0 Å². The minimum Gasteiger partial charge on any atom is -0.508 e. The van der Waals surface area contributed by atoms with E-state index >= 15 is 0 Å². The van der Waals surface area contributed by atoms with E-state index in [-0.39, 0.29) is 11.5 Å². The molecule has 3 N–H and O–H groups in total. The van der Waals surface area contributed by atoms with E-state index in [1.54, 1.807) is 18.2 Å². The third-order valence-electron chi connectivity index (χ3n) is 8.77. The van der Waals surface area contributed by atoms with E-state index < -0.39 is 11.6 Å². The van der Waals surface area contributed by atoms with Crippen LogP contribution in [0.4, 0.5) is 11.4 Å². The maximum Gasteiger partial charge on any atom is 0.340 e. The standard InChI is InChI=1S/C37H38N2O4/c1-5-38-33-20-26-18-27-21-34(39-6-2)23(4)17-32(27)37(31(26)16-22(33)3)30-15-12-25(19-29(30)36(42)43-37)35(41)9-7-8-24-10-13-28(40)14-11-24/h10-17,19-21,38-40H,5-9,18H2,1-4H3. The fourth-order valence-corrected chi connectivity index (χ4v) is 6.67. The molecule has 0 fully saturated rings. The largest absolute Gasteiger partial charge is 0.508 e. The highest BCUT2D eigenvalue weighted by Gasteiger charge is 2.52. The van der Waals surface area contributed by atoms with Crippen LogP contribution in [0.2, 0.25) is 0 Å². The van der Waals surface area contributed by atoms with Crippen molar-refractivity contribution in [3.8, 4) is 5.75 Å². The number of nitrogens with one attached hydrogen (secondary N) is 2. The van der Waals surface area contributed by atoms with Gasteiger partial charge in [-0.1, -0.05) is 24.3 Å². The smallest absolute Gasteiger partial charge is 0.340 e. The summed E-state index contributed by atoms with van der Waals surface area (Å²) in [6.45, 7) is 9.96. The summed E-state index contributed by atoms with van der Waals surface area (Å²) in [5.41, 5.74) is 10.3. The van der Waals surface area contributed by atoms with Gasteiger partial charge in [0.1, 0.15) is 5.75 Å². The summed E-state index contributed by atoms with van der Waals surface area (Å²) in [4.78, 5) is 26.9. The lowest BCUT2D eigenvalue weighted by Gasteiger charge is -2.38. The molecule has 0 bridgehead atoms. The minimum atomic E-state index is -1.08. The van der Waals surface area contributed by atoms with Gasteiger partial charge < -0.3 is 20.5 Å². The van der Waals surface area contributed by atoms with Gasteiger partial charge in [-0.25, -0.2) is 4.79 Å². The molecule has 4 aromatic carbocycles. The van der Waals surface area contributed by atoms with E-state index in [2.05, 4.69) is 62.6 Å². The fourth-order valence-electron chi connectivity index (χ4n) is 6.67. The highest BCUT2D eigenvalue weighted by Crippen LogP contribution is 2.53. The Labute approximate surface area is 253 Å². The van der Waals surface area contributed by atoms with Crippen LogP contribution < -0.4 is 10.6 Å². The van der Waals surface area contributed by atoms with Gasteiger partial charge in [-0.05, 0) is 117 Å². The Kier molecular flexibility index (Phi) is 7.47. The molecule has 2 aliphatic rings. The number of hydrogen-bond donors (Lipinski definition) is 3. The monoisotopic (exact) mass is 574 g/mol. The number of rotatable bonds is 9. The predicted octanol–water partition coefficient (Wildman–Crippen LogP) is 7.44. The third-order valence-corrected chi connectivity index (χ3v) is 8.77. The summed E-state index contributed by atoms with van der Waals surface area (Å²) in [5, 5.41) is 16.5. The second-order valence-electron chi connectivity index (χ2n) is 11.7. The molecule has 0 amide bonds. The number of carbonyl (C=O) groups excluding carboxylic acids is 2. The lowest BCUT2D eigenvalue weighted by atomic mass is 9.70. The Balaban J connectivity index is 1.41. The second-order valence-corrected chi connectivity index (χ2v) is 11.7. The molecule has 0 saturated heterocycles. The minimum absolute atomic E-state index is 0.00275. The van der Waals surface area contributed by atoms with Crippen LogP contribution in [0.3, 0.4) is 0 Å². The van der Waals surface area contributed by atoms with Gasteiger partial charge in [-0.2, -0.15) is 0 Å². The summed E-state index contributed by atoms with van der Waals surface area (Å²) < 4.78 is 6.49. The number of anilines is 2. The van der Waals surface area contributed by atoms with Gasteiger partial charge in [0, 0.05) is 53.1 Å². The zero-order valence-corrected chi connectivity index (χ0v) is 25.3. The molecule has 6 nitrogen and oxygen atoms in total. The van der Waals surface area contributed by atoms with E-state index in [0.29, 0.717) is 24.0 Å². The van der Waals surface area contributed by atoms with Crippen LogP contribution in [0.5, 0.6) is 5.75 Å². The van der Waals surface area contributed by atoms with Crippen LogP contribution in [0.1, 0.15) is 91.9 Å². The summed E-state index contributed by atoms with van der Waals surface area (Å²) in [6.07, 6.45) is 2.51. The van der Waals surface area contributed by atoms with Crippen LogP contribution in [0.15, 0.2) is 66.7 Å². The van der Waals surface area contributed by atoms with Crippen molar-refractivity contribution in [2.75, 3.05) is 23.7 Å². The van der Waals surface area contributed by atoms with Crippen molar-refractivity contribution < 1.29 is 19.4 Å². The topological polar surface area (TPSA) is 87.7 Å². The lowest BCUT2D eigenvalue weighted by molar-refractivity contribution is 0.0240. The van der Waals surface area contributed by atoms with Crippen molar-refractivity contribution >= 4 is 23.1 Å². The van der Waals surface area contributed by atoms with E-state index in [9.17, 15) is 14.7 Å². The van der Waals surface area contributed by atoms with E-state index in [1.807, 2.05) is 24.3 Å².